The van der Waals surface area contributed by atoms with E-state index in [1.807, 2.05) is 42.5 Å². The summed E-state index contributed by atoms with van der Waals surface area (Å²) in [6, 6.07) is 15.1. The third-order valence-electron chi connectivity index (χ3n) is 2.22. The van der Waals surface area contributed by atoms with E-state index in [4.69, 9.17) is 17.3 Å². The Morgan fingerprint density at radius 1 is 1.12 bits per heavy atom. The van der Waals surface area contributed by atoms with E-state index < -0.39 is 0 Å². The number of hydrogen-bond donors (Lipinski definition) is 1. The molecular weight excluding hydrogens is 300 g/mol. The summed E-state index contributed by atoms with van der Waals surface area (Å²) in [6.45, 7) is 0. The highest BCUT2D eigenvalue weighted by Gasteiger charge is 2.02. The first-order chi connectivity index (χ1) is 8.16. The predicted molar refractivity (Wildman–Crippen MR) is 76.0 cm³/mol. The number of aliphatic imine (C=N–C) groups is 1. The summed E-state index contributed by atoms with van der Waals surface area (Å²) in [4.78, 5) is 4.32. The molecule has 4 heteroatoms. The fourth-order valence-corrected chi connectivity index (χ4v) is 1.88. The van der Waals surface area contributed by atoms with Crippen molar-refractivity contribution in [1.29, 1.82) is 0 Å². The van der Waals surface area contributed by atoms with Crippen LogP contribution in [0, 0.1) is 0 Å². The van der Waals surface area contributed by atoms with E-state index in [0.29, 0.717) is 16.5 Å². The maximum absolute atomic E-state index is 6.04. The zero-order valence-corrected chi connectivity index (χ0v) is 11.2. The number of rotatable bonds is 2. The molecule has 0 atom stereocenters. The van der Waals surface area contributed by atoms with Gasteiger partial charge < -0.3 is 5.73 Å². The third-order valence-corrected chi connectivity index (χ3v) is 3.03. The molecule has 86 valence electrons. The van der Waals surface area contributed by atoms with E-state index in [-0.39, 0.29) is 0 Å². The maximum Gasteiger partial charge on any atom is 0.131 e. The van der Waals surface area contributed by atoms with Gasteiger partial charge in [-0.15, -0.1) is 0 Å². The Kier molecular flexibility index (Phi) is 3.82. The van der Waals surface area contributed by atoms with Crippen LogP contribution in [0.5, 0.6) is 0 Å². The molecule has 0 heterocycles. The van der Waals surface area contributed by atoms with Crippen LogP contribution in [0.3, 0.4) is 0 Å². The topological polar surface area (TPSA) is 38.4 Å². The first kappa shape index (κ1) is 12.1. The third kappa shape index (κ3) is 3.08. The monoisotopic (exact) mass is 308 g/mol. The molecule has 0 amide bonds. The van der Waals surface area contributed by atoms with Crippen molar-refractivity contribution in [3.63, 3.8) is 0 Å². The zero-order chi connectivity index (χ0) is 12.3. The molecule has 0 radical (unpaired) electrons. The van der Waals surface area contributed by atoms with Crippen LogP contribution in [0.1, 0.15) is 5.56 Å². The van der Waals surface area contributed by atoms with E-state index in [1.54, 1.807) is 6.07 Å². The first-order valence-electron chi connectivity index (χ1n) is 5.01. The lowest BCUT2D eigenvalue weighted by Gasteiger charge is -2.03. The molecule has 0 spiro atoms. The standard InChI is InChI=1S/C13H10BrClN2/c14-10-6-7-11(15)12(8-10)17-13(16)9-4-2-1-3-5-9/h1-8H,(H2,16,17). The lowest BCUT2D eigenvalue weighted by Crippen LogP contribution is -2.12. The molecule has 0 aliphatic heterocycles. The van der Waals surface area contributed by atoms with E-state index >= 15 is 0 Å². The van der Waals surface area contributed by atoms with Crippen molar-refractivity contribution >= 4 is 39.1 Å². The van der Waals surface area contributed by atoms with E-state index in [1.165, 1.54) is 0 Å². The van der Waals surface area contributed by atoms with E-state index in [0.717, 1.165) is 10.0 Å². The molecule has 0 fully saturated rings. The van der Waals surface area contributed by atoms with Gasteiger partial charge in [-0.2, -0.15) is 0 Å². The predicted octanol–water partition coefficient (Wildman–Crippen LogP) is 4.14. The minimum absolute atomic E-state index is 0.450. The molecule has 0 aliphatic rings. The molecule has 0 saturated heterocycles. The Morgan fingerprint density at radius 3 is 2.53 bits per heavy atom. The Labute approximate surface area is 113 Å². The van der Waals surface area contributed by atoms with Gasteiger partial charge in [0.15, 0.2) is 0 Å². The molecular formula is C13H10BrClN2. The second-order valence-corrected chi connectivity index (χ2v) is 4.78. The van der Waals surface area contributed by atoms with Crippen molar-refractivity contribution in [2.45, 2.75) is 0 Å². The minimum atomic E-state index is 0.450. The van der Waals surface area contributed by atoms with Gasteiger partial charge in [0.25, 0.3) is 0 Å². The summed E-state index contributed by atoms with van der Waals surface area (Å²) in [5.74, 6) is 0.450. The largest absolute Gasteiger partial charge is 0.383 e. The van der Waals surface area contributed by atoms with Gasteiger partial charge in [-0.05, 0) is 18.2 Å². The van der Waals surface area contributed by atoms with Crippen LogP contribution in [-0.4, -0.2) is 5.84 Å². The molecule has 0 saturated carbocycles. The summed E-state index contributed by atoms with van der Waals surface area (Å²) in [7, 11) is 0. The zero-order valence-electron chi connectivity index (χ0n) is 8.90. The van der Waals surface area contributed by atoms with Crippen LogP contribution in [0.25, 0.3) is 0 Å². The van der Waals surface area contributed by atoms with Gasteiger partial charge in [-0.1, -0.05) is 57.9 Å². The normalized spacial score (nSPS) is 11.5. The highest BCUT2D eigenvalue weighted by molar-refractivity contribution is 9.10. The van der Waals surface area contributed by atoms with Crippen LogP contribution in [0.2, 0.25) is 5.02 Å². The second kappa shape index (κ2) is 5.34. The van der Waals surface area contributed by atoms with Crippen molar-refractivity contribution in [3.05, 3.63) is 63.6 Å². The highest BCUT2D eigenvalue weighted by Crippen LogP contribution is 2.28. The van der Waals surface area contributed by atoms with Crippen molar-refractivity contribution in [2.24, 2.45) is 10.7 Å². The van der Waals surface area contributed by atoms with Gasteiger partial charge in [0.1, 0.15) is 5.84 Å². The molecule has 0 aromatic heterocycles. The lowest BCUT2D eigenvalue weighted by atomic mass is 10.2. The molecule has 2 aromatic carbocycles. The average molecular weight is 310 g/mol. The minimum Gasteiger partial charge on any atom is -0.383 e. The van der Waals surface area contributed by atoms with Gasteiger partial charge in [-0.3, -0.25) is 0 Å². The van der Waals surface area contributed by atoms with Gasteiger partial charge in [0.05, 0.1) is 10.7 Å². The first-order valence-corrected chi connectivity index (χ1v) is 6.18. The number of nitrogens with zero attached hydrogens (tertiary/aromatic N) is 1. The number of benzene rings is 2. The van der Waals surface area contributed by atoms with Crippen LogP contribution in [0.15, 0.2) is 58.0 Å². The van der Waals surface area contributed by atoms with E-state index in [2.05, 4.69) is 20.9 Å². The van der Waals surface area contributed by atoms with Crippen molar-refractivity contribution in [2.75, 3.05) is 0 Å². The summed E-state index contributed by atoms with van der Waals surface area (Å²) < 4.78 is 0.918. The molecule has 17 heavy (non-hydrogen) atoms. The Balaban J connectivity index is 2.39. The van der Waals surface area contributed by atoms with Crippen molar-refractivity contribution in [3.8, 4) is 0 Å². The molecule has 2 N–H and O–H groups in total. The average Bonchev–Trinajstić information content (AvgIpc) is 2.35. The smallest absolute Gasteiger partial charge is 0.131 e. The molecule has 2 rings (SSSR count). The summed E-state index contributed by atoms with van der Waals surface area (Å²) in [5.41, 5.74) is 7.46. The molecule has 2 nitrogen and oxygen atoms in total. The van der Waals surface area contributed by atoms with Crippen LogP contribution in [0.4, 0.5) is 5.69 Å². The molecule has 0 unspecified atom stereocenters. The number of amidine groups is 1. The molecule has 2 aromatic rings. The van der Waals surface area contributed by atoms with Crippen molar-refractivity contribution in [1.82, 2.24) is 0 Å². The van der Waals surface area contributed by atoms with Crippen LogP contribution < -0.4 is 5.73 Å². The highest BCUT2D eigenvalue weighted by atomic mass is 79.9. The van der Waals surface area contributed by atoms with E-state index in [9.17, 15) is 0 Å². The number of nitrogens with two attached hydrogens (primary N) is 1. The van der Waals surface area contributed by atoms with Gasteiger partial charge in [0, 0.05) is 10.0 Å². The lowest BCUT2D eigenvalue weighted by molar-refractivity contribution is 1.44. The number of hydrogen-bond acceptors (Lipinski definition) is 1. The maximum atomic E-state index is 6.04. The SMILES string of the molecule is NC(=Nc1cc(Br)ccc1Cl)c1ccccc1. The number of halogens is 2. The summed E-state index contributed by atoms with van der Waals surface area (Å²) >= 11 is 9.42. The Hall–Kier alpha value is -1.32. The fourth-order valence-electron chi connectivity index (χ4n) is 1.37. The van der Waals surface area contributed by atoms with Crippen molar-refractivity contribution < 1.29 is 0 Å². The summed E-state index contributed by atoms with van der Waals surface area (Å²) in [6.07, 6.45) is 0. The second-order valence-electron chi connectivity index (χ2n) is 3.46. The van der Waals surface area contributed by atoms with Gasteiger partial charge in [0.2, 0.25) is 0 Å². The van der Waals surface area contributed by atoms with Crippen LogP contribution in [-0.2, 0) is 0 Å². The van der Waals surface area contributed by atoms with Gasteiger partial charge >= 0.3 is 0 Å². The summed E-state index contributed by atoms with van der Waals surface area (Å²) in [5, 5.41) is 0.576. The Bertz CT molecular complexity index is 553. The van der Waals surface area contributed by atoms with Gasteiger partial charge in [-0.25, -0.2) is 4.99 Å². The fraction of sp³-hybridized carbons (Fsp3) is 0. The molecule has 0 bridgehead atoms. The Morgan fingerprint density at radius 2 is 1.82 bits per heavy atom. The molecule has 0 aliphatic carbocycles. The van der Waals surface area contributed by atoms with Crippen LogP contribution >= 0.6 is 27.5 Å². The quantitative estimate of drug-likeness (QED) is 0.657.